The Morgan fingerprint density at radius 2 is 2.04 bits per heavy atom. The van der Waals surface area contributed by atoms with Crippen molar-refractivity contribution in [3.05, 3.63) is 22.4 Å². The van der Waals surface area contributed by atoms with Gasteiger partial charge in [-0.05, 0) is 37.5 Å². The fourth-order valence-corrected chi connectivity index (χ4v) is 3.50. The third-order valence-corrected chi connectivity index (χ3v) is 5.09. The minimum absolute atomic E-state index is 0. The number of halogens is 2. The molecule has 0 radical (unpaired) electrons. The summed E-state index contributed by atoms with van der Waals surface area (Å²) in [6.07, 6.45) is 0.977. The van der Waals surface area contributed by atoms with E-state index >= 15 is 0 Å². The maximum absolute atomic E-state index is 12.7. The number of nitrogens with zero attached hydrogens (tertiary/aromatic N) is 2. The molecule has 1 amide bonds. The standard InChI is InChI=1S/C16H27N3OS.2ClH/c1-3-18(4-2)9-10-19(13-15-6-5-11-21-15)16(20)14-7-8-17-12-14;;/h5-6,11,14,17H,3-4,7-10,12-13H2,1-2H3;2*1H. The number of hydrogen-bond acceptors (Lipinski definition) is 4. The summed E-state index contributed by atoms with van der Waals surface area (Å²) >= 11 is 1.73. The first-order valence-corrected chi connectivity index (χ1v) is 8.86. The van der Waals surface area contributed by atoms with Crippen LogP contribution in [0.15, 0.2) is 17.5 Å². The smallest absolute Gasteiger partial charge is 0.227 e. The highest BCUT2D eigenvalue weighted by molar-refractivity contribution is 7.09. The predicted octanol–water partition coefficient (Wildman–Crippen LogP) is 2.87. The summed E-state index contributed by atoms with van der Waals surface area (Å²) in [4.78, 5) is 18.4. The van der Waals surface area contributed by atoms with E-state index in [1.807, 2.05) is 0 Å². The second-order valence-electron chi connectivity index (χ2n) is 5.56. The van der Waals surface area contributed by atoms with Crippen molar-refractivity contribution in [1.29, 1.82) is 0 Å². The van der Waals surface area contributed by atoms with E-state index in [0.29, 0.717) is 5.91 Å². The van der Waals surface area contributed by atoms with Crippen LogP contribution in [0.4, 0.5) is 0 Å². The minimum Gasteiger partial charge on any atom is -0.336 e. The Labute approximate surface area is 156 Å². The maximum Gasteiger partial charge on any atom is 0.227 e. The van der Waals surface area contributed by atoms with Crippen molar-refractivity contribution in [3.63, 3.8) is 0 Å². The Bertz CT molecular complexity index is 421. The van der Waals surface area contributed by atoms with Gasteiger partial charge in [-0.3, -0.25) is 4.79 Å². The van der Waals surface area contributed by atoms with E-state index in [4.69, 9.17) is 0 Å². The van der Waals surface area contributed by atoms with Crippen LogP contribution in [-0.4, -0.2) is 55.0 Å². The van der Waals surface area contributed by atoms with Crippen molar-refractivity contribution < 1.29 is 4.79 Å². The van der Waals surface area contributed by atoms with E-state index in [-0.39, 0.29) is 30.7 Å². The maximum atomic E-state index is 12.7. The molecule has 134 valence electrons. The van der Waals surface area contributed by atoms with E-state index in [0.717, 1.165) is 52.2 Å². The van der Waals surface area contributed by atoms with Gasteiger partial charge in [0, 0.05) is 24.5 Å². The molecule has 0 aliphatic carbocycles. The van der Waals surface area contributed by atoms with E-state index in [1.54, 1.807) is 11.3 Å². The molecule has 0 saturated carbocycles. The minimum atomic E-state index is 0. The molecule has 7 heteroatoms. The summed E-state index contributed by atoms with van der Waals surface area (Å²) in [6.45, 7) is 10.8. The van der Waals surface area contributed by atoms with Crippen molar-refractivity contribution in [2.24, 2.45) is 5.92 Å². The van der Waals surface area contributed by atoms with Crippen LogP contribution < -0.4 is 5.32 Å². The number of hydrogen-bond donors (Lipinski definition) is 1. The molecule has 4 nitrogen and oxygen atoms in total. The van der Waals surface area contributed by atoms with Crippen LogP contribution in [0.1, 0.15) is 25.1 Å². The Morgan fingerprint density at radius 1 is 1.30 bits per heavy atom. The molecular weight excluding hydrogens is 353 g/mol. The topological polar surface area (TPSA) is 35.6 Å². The van der Waals surface area contributed by atoms with Crippen LogP contribution in [0.2, 0.25) is 0 Å². The average molecular weight is 382 g/mol. The fraction of sp³-hybridized carbons (Fsp3) is 0.688. The van der Waals surface area contributed by atoms with Crippen LogP contribution in [0.5, 0.6) is 0 Å². The fourth-order valence-electron chi connectivity index (χ4n) is 2.78. The van der Waals surface area contributed by atoms with Crippen LogP contribution in [0, 0.1) is 5.92 Å². The molecule has 1 aliphatic rings. The molecule has 1 unspecified atom stereocenters. The van der Waals surface area contributed by atoms with Crippen LogP contribution in [-0.2, 0) is 11.3 Å². The highest BCUT2D eigenvalue weighted by Gasteiger charge is 2.27. The number of carbonyl (C=O) groups excluding carboxylic acids is 1. The van der Waals surface area contributed by atoms with Crippen molar-refractivity contribution in [2.45, 2.75) is 26.8 Å². The highest BCUT2D eigenvalue weighted by atomic mass is 35.5. The number of likely N-dealkylation sites (N-methyl/N-ethyl adjacent to an activating group) is 1. The zero-order chi connectivity index (χ0) is 15.1. The Kier molecular flexibility index (Phi) is 11.9. The van der Waals surface area contributed by atoms with Gasteiger partial charge in [-0.1, -0.05) is 19.9 Å². The molecule has 1 fully saturated rings. The summed E-state index contributed by atoms with van der Waals surface area (Å²) < 4.78 is 0. The predicted molar refractivity (Wildman–Crippen MR) is 103 cm³/mol. The molecular formula is C16H29Cl2N3OS. The molecule has 1 saturated heterocycles. The molecule has 1 aromatic heterocycles. The highest BCUT2D eigenvalue weighted by Crippen LogP contribution is 2.17. The normalized spacial score (nSPS) is 16.7. The number of carbonyl (C=O) groups is 1. The van der Waals surface area contributed by atoms with Gasteiger partial charge in [0.25, 0.3) is 0 Å². The van der Waals surface area contributed by atoms with Gasteiger partial charge in [-0.25, -0.2) is 0 Å². The molecule has 2 rings (SSSR count). The zero-order valence-electron chi connectivity index (χ0n) is 14.0. The summed E-state index contributed by atoms with van der Waals surface area (Å²) in [5.74, 6) is 0.488. The number of rotatable bonds is 8. The Balaban J connectivity index is 0.00000242. The second-order valence-corrected chi connectivity index (χ2v) is 6.59. The van der Waals surface area contributed by atoms with Crippen molar-refractivity contribution in [3.8, 4) is 0 Å². The molecule has 2 heterocycles. The monoisotopic (exact) mass is 381 g/mol. The van der Waals surface area contributed by atoms with E-state index in [9.17, 15) is 4.79 Å². The lowest BCUT2D eigenvalue weighted by atomic mass is 10.1. The molecule has 23 heavy (non-hydrogen) atoms. The lowest BCUT2D eigenvalue weighted by Crippen LogP contribution is -2.41. The van der Waals surface area contributed by atoms with Gasteiger partial charge in [-0.2, -0.15) is 0 Å². The largest absolute Gasteiger partial charge is 0.336 e. The first kappa shape index (κ1) is 22.7. The molecule has 0 spiro atoms. The Hall–Kier alpha value is -0.330. The molecule has 1 aromatic rings. The summed E-state index contributed by atoms with van der Waals surface area (Å²) in [5, 5.41) is 5.38. The molecule has 1 N–H and O–H groups in total. The van der Waals surface area contributed by atoms with E-state index in [1.165, 1.54) is 4.88 Å². The van der Waals surface area contributed by atoms with Crippen LogP contribution >= 0.6 is 36.2 Å². The van der Waals surface area contributed by atoms with Crippen LogP contribution in [0.3, 0.4) is 0 Å². The van der Waals surface area contributed by atoms with Gasteiger partial charge in [0.1, 0.15) is 0 Å². The summed E-state index contributed by atoms with van der Waals surface area (Å²) in [7, 11) is 0. The molecule has 0 bridgehead atoms. The van der Waals surface area contributed by atoms with E-state index in [2.05, 4.69) is 46.5 Å². The third kappa shape index (κ3) is 6.98. The van der Waals surface area contributed by atoms with Gasteiger partial charge < -0.3 is 15.1 Å². The number of amides is 1. The molecule has 1 aliphatic heterocycles. The third-order valence-electron chi connectivity index (χ3n) is 4.23. The molecule has 1 atom stereocenters. The van der Waals surface area contributed by atoms with Crippen LogP contribution in [0.25, 0.3) is 0 Å². The zero-order valence-corrected chi connectivity index (χ0v) is 16.4. The number of nitrogens with one attached hydrogen (secondary N) is 1. The van der Waals surface area contributed by atoms with Crippen molar-refractivity contribution >= 4 is 42.1 Å². The molecule has 0 aromatic carbocycles. The van der Waals surface area contributed by atoms with Gasteiger partial charge in [0.05, 0.1) is 12.5 Å². The van der Waals surface area contributed by atoms with E-state index < -0.39 is 0 Å². The second kappa shape index (κ2) is 12.1. The Morgan fingerprint density at radius 3 is 2.57 bits per heavy atom. The van der Waals surface area contributed by atoms with Gasteiger partial charge in [0.15, 0.2) is 0 Å². The quantitative estimate of drug-likeness (QED) is 0.751. The first-order chi connectivity index (χ1) is 10.2. The lowest BCUT2D eigenvalue weighted by Gasteiger charge is -2.28. The van der Waals surface area contributed by atoms with Gasteiger partial charge >= 0.3 is 0 Å². The lowest BCUT2D eigenvalue weighted by molar-refractivity contribution is -0.135. The summed E-state index contributed by atoms with van der Waals surface area (Å²) in [6, 6.07) is 4.18. The average Bonchev–Trinajstić information content (AvgIpc) is 3.19. The van der Waals surface area contributed by atoms with Crippen molar-refractivity contribution in [1.82, 2.24) is 15.1 Å². The van der Waals surface area contributed by atoms with Gasteiger partial charge in [0.2, 0.25) is 5.91 Å². The SMILES string of the molecule is CCN(CC)CCN(Cc1cccs1)C(=O)C1CCNC1.Cl.Cl. The van der Waals surface area contributed by atoms with Gasteiger partial charge in [-0.15, -0.1) is 36.2 Å². The van der Waals surface area contributed by atoms with Crippen molar-refractivity contribution in [2.75, 3.05) is 39.3 Å². The first-order valence-electron chi connectivity index (χ1n) is 7.98. The number of thiophene rings is 1. The summed E-state index contributed by atoms with van der Waals surface area (Å²) in [5.41, 5.74) is 0.